The first-order valence-corrected chi connectivity index (χ1v) is 6.13. The number of hydrogen-bond acceptors (Lipinski definition) is 4. The number of hydrogen-bond donors (Lipinski definition) is 1. The van der Waals surface area contributed by atoms with Gasteiger partial charge in [-0.2, -0.15) is 0 Å². The number of carbonyl (C=O) groups excluding carboxylic acids is 1. The van der Waals surface area contributed by atoms with Crippen LogP contribution in [-0.2, 0) is 4.79 Å². The number of likely N-dealkylation sites (N-methyl/N-ethyl adjacent to an activating group) is 2. The molecule has 0 aliphatic heterocycles. The highest BCUT2D eigenvalue weighted by atomic mass is 35.5. The van der Waals surface area contributed by atoms with Crippen LogP contribution in [0.2, 0.25) is 0 Å². The van der Waals surface area contributed by atoms with E-state index < -0.39 is 0 Å². The number of thiazole rings is 1. The zero-order valence-corrected chi connectivity index (χ0v) is 12.5. The van der Waals surface area contributed by atoms with Crippen molar-refractivity contribution in [2.24, 2.45) is 0 Å². The Balaban J connectivity index is 0.00000256. The highest BCUT2D eigenvalue weighted by molar-refractivity contribution is 7.11. The van der Waals surface area contributed by atoms with Crippen molar-refractivity contribution in [3.63, 3.8) is 0 Å². The Kier molecular flexibility index (Phi) is 6.67. The van der Waals surface area contributed by atoms with E-state index in [0.29, 0.717) is 6.54 Å². The lowest BCUT2D eigenvalue weighted by atomic mass is 10.2. The van der Waals surface area contributed by atoms with Gasteiger partial charge in [0.05, 0.1) is 23.3 Å². The molecule has 17 heavy (non-hydrogen) atoms. The molecule has 98 valence electrons. The van der Waals surface area contributed by atoms with Crippen molar-refractivity contribution in [1.82, 2.24) is 15.2 Å². The minimum atomic E-state index is 0. The SMILES string of the molecule is CNCC(=O)N(C)C(C)c1sc(C)nc1C.Cl. The number of nitrogens with one attached hydrogen (secondary N) is 1. The number of rotatable bonds is 4. The van der Waals surface area contributed by atoms with Crippen LogP contribution < -0.4 is 5.32 Å². The predicted molar refractivity (Wildman–Crippen MR) is 73.9 cm³/mol. The summed E-state index contributed by atoms with van der Waals surface area (Å²) in [5, 5.41) is 3.92. The molecule has 0 aliphatic carbocycles. The fraction of sp³-hybridized carbons (Fsp3) is 0.636. The molecule has 0 saturated heterocycles. The molecule has 0 fully saturated rings. The standard InChI is InChI=1S/C11H19N3OS.ClH/c1-7-11(16-9(3)13-7)8(2)14(5)10(15)6-12-4;/h8,12H,6H2,1-5H3;1H. The van der Waals surface area contributed by atoms with E-state index in [0.717, 1.165) is 10.7 Å². The first-order chi connectivity index (χ1) is 7.47. The number of halogens is 1. The maximum atomic E-state index is 11.7. The third-order valence-electron chi connectivity index (χ3n) is 2.62. The van der Waals surface area contributed by atoms with Crippen LogP contribution in [-0.4, -0.2) is 36.4 Å². The molecule has 1 unspecified atom stereocenters. The molecule has 0 spiro atoms. The van der Waals surface area contributed by atoms with E-state index in [1.807, 2.05) is 27.8 Å². The summed E-state index contributed by atoms with van der Waals surface area (Å²) in [6, 6.07) is 0.0899. The van der Waals surface area contributed by atoms with Gasteiger partial charge < -0.3 is 10.2 Å². The van der Waals surface area contributed by atoms with Crippen molar-refractivity contribution < 1.29 is 4.79 Å². The third-order valence-corrected chi connectivity index (χ3v) is 3.86. The number of carbonyl (C=O) groups is 1. The van der Waals surface area contributed by atoms with Gasteiger partial charge in [0.15, 0.2) is 0 Å². The summed E-state index contributed by atoms with van der Waals surface area (Å²) >= 11 is 1.66. The maximum absolute atomic E-state index is 11.7. The molecular weight excluding hydrogens is 258 g/mol. The summed E-state index contributed by atoms with van der Waals surface area (Å²) in [5.41, 5.74) is 1.03. The summed E-state index contributed by atoms with van der Waals surface area (Å²) in [6.07, 6.45) is 0. The van der Waals surface area contributed by atoms with Gasteiger partial charge in [0.25, 0.3) is 0 Å². The first kappa shape index (κ1) is 16.4. The van der Waals surface area contributed by atoms with Crippen molar-refractivity contribution >= 4 is 29.7 Å². The zero-order chi connectivity index (χ0) is 12.3. The topological polar surface area (TPSA) is 45.2 Å². The smallest absolute Gasteiger partial charge is 0.236 e. The molecule has 1 aromatic heterocycles. The normalized spacial score (nSPS) is 11.8. The second-order valence-electron chi connectivity index (χ2n) is 3.89. The average molecular weight is 278 g/mol. The van der Waals surface area contributed by atoms with Crippen LogP contribution in [0.25, 0.3) is 0 Å². The van der Waals surface area contributed by atoms with Gasteiger partial charge in [0.1, 0.15) is 0 Å². The summed E-state index contributed by atoms with van der Waals surface area (Å²) in [4.78, 5) is 19.0. The zero-order valence-electron chi connectivity index (χ0n) is 10.9. The molecule has 6 heteroatoms. The molecule has 1 N–H and O–H groups in total. The Morgan fingerprint density at radius 1 is 1.53 bits per heavy atom. The van der Waals surface area contributed by atoms with Crippen LogP contribution in [0, 0.1) is 13.8 Å². The van der Waals surface area contributed by atoms with Crippen LogP contribution in [0.5, 0.6) is 0 Å². The summed E-state index contributed by atoms with van der Waals surface area (Å²) in [6.45, 7) is 6.39. The van der Waals surface area contributed by atoms with Crippen molar-refractivity contribution in [2.75, 3.05) is 20.6 Å². The van der Waals surface area contributed by atoms with E-state index in [1.54, 1.807) is 23.3 Å². The Hall–Kier alpha value is -0.650. The molecule has 1 rings (SSSR count). The van der Waals surface area contributed by atoms with Gasteiger partial charge in [-0.25, -0.2) is 4.98 Å². The molecule has 0 aromatic carbocycles. The molecule has 0 bridgehead atoms. The molecule has 1 atom stereocenters. The minimum Gasteiger partial charge on any atom is -0.337 e. The summed E-state index contributed by atoms with van der Waals surface area (Å²) < 4.78 is 0. The van der Waals surface area contributed by atoms with Crippen molar-refractivity contribution in [2.45, 2.75) is 26.8 Å². The lowest BCUT2D eigenvalue weighted by Crippen LogP contribution is -2.35. The summed E-state index contributed by atoms with van der Waals surface area (Å²) in [7, 11) is 3.61. The average Bonchev–Trinajstić information content (AvgIpc) is 2.56. The second-order valence-corrected chi connectivity index (χ2v) is 5.13. The van der Waals surface area contributed by atoms with Gasteiger partial charge in [-0.05, 0) is 27.8 Å². The number of amides is 1. The van der Waals surface area contributed by atoms with E-state index in [9.17, 15) is 4.79 Å². The molecule has 1 aromatic rings. The minimum absolute atomic E-state index is 0. The Morgan fingerprint density at radius 3 is 2.53 bits per heavy atom. The van der Waals surface area contributed by atoms with Gasteiger partial charge >= 0.3 is 0 Å². The van der Waals surface area contributed by atoms with Crippen LogP contribution in [0.4, 0.5) is 0 Å². The Bertz CT molecular complexity index is 381. The Morgan fingerprint density at radius 2 is 2.12 bits per heavy atom. The van der Waals surface area contributed by atoms with Crippen molar-refractivity contribution in [1.29, 1.82) is 0 Å². The van der Waals surface area contributed by atoms with Crippen LogP contribution >= 0.6 is 23.7 Å². The Labute approximate surface area is 113 Å². The van der Waals surface area contributed by atoms with Crippen LogP contribution in [0.15, 0.2) is 0 Å². The maximum Gasteiger partial charge on any atom is 0.236 e. The number of aryl methyl sites for hydroxylation is 2. The van der Waals surface area contributed by atoms with E-state index in [-0.39, 0.29) is 24.4 Å². The van der Waals surface area contributed by atoms with Crippen LogP contribution in [0.3, 0.4) is 0 Å². The van der Waals surface area contributed by atoms with Gasteiger partial charge in [-0.3, -0.25) is 4.79 Å². The van der Waals surface area contributed by atoms with Crippen LogP contribution in [0.1, 0.15) is 28.5 Å². The van der Waals surface area contributed by atoms with E-state index in [1.165, 1.54) is 4.88 Å². The van der Waals surface area contributed by atoms with E-state index in [2.05, 4.69) is 10.3 Å². The van der Waals surface area contributed by atoms with Gasteiger partial charge in [-0.15, -0.1) is 23.7 Å². The van der Waals surface area contributed by atoms with Gasteiger partial charge in [-0.1, -0.05) is 0 Å². The second kappa shape index (κ2) is 6.93. The molecule has 0 aliphatic rings. The van der Waals surface area contributed by atoms with Gasteiger partial charge in [0, 0.05) is 11.9 Å². The van der Waals surface area contributed by atoms with Crippen molar-refractivity contribution in [3.8, 4) is 0 Å². The lowest BCUT2D eigenvalue weighted by Gasteiger charge is -2.24. The monoisotopic (exact) mass is 277 g/mol. The van der Waals surface area contributed by atoms with E-state index in [4.69, 9.17) is 0 Å². The molecule has 0 saturated carbocycles. The highest BCUT2D eigenvalue weighted by Gasteiger charge is 2.20. The van der Waals surface area contributed by atoms with Crippen molar-refractivity contribution in [3.05, 3.63) is 15.6 Å². The van der Waals surface area contributed by atoms with Gasteiger partial charge in [0.2, 0.25) is 5.91 Å². The fourth-order valence-electron chi connectivity index (χ4n) is 1.60. The number of aromatic nitrogens is 1. The quantitative estimate of drug-likeness (QED) is 0.915. The van der Waals surface area contributed by atoms with E-state index >= 15 is 0 Å². The molecule has 4 nitrogen and oxygen atoms in total. The molecule has 1 amide bonds. The highest BCUT2D eigenvalue weighted by Crippen LogP contribution is 2.27. The lowest BCUT2D eigenvalue weighted by molar-refractivity contribution is -0.130. The summed E-state index contributed by atoms with van der Waals surface area (Å²) in [5.74, 6) is 0.0976. The predicted octanol–water partition coefficient (Wildman–Crippen LogP) is 1.92. The molecule has 1 heterocycles. The molecule has 0 radical (unpaired) electrons. The third kappa shape index (κ3) is 3.94. The first-order valence-electron chi connectivity index (χ1n) is 5.31. The largest absolute Gasteiger partial charge is 0.337 e. The fourth-order valence-corrected chi connectivity index (χ4v) is 2.63. The molecular formula is C11H20ClN3OS. The number of nitrogens with zero attached hydrogens (tertiary/aromatic N) is 2.